The molecule has 1 aromatic carbocycles. The Bertz CT molecular complexity index is 444. The molecule has 0 aliphatic heterocycles. The van der Waals surface area contributed by atoms with Crippen molar-refractivity contribution in [1.29, 1.82) is 0 Å². The third-order valence-electron chi connectivity index (χ3n) is 3.72. The number of nitrogens with one attached hydrogen (secondary N) is 1. The molecule has 0 bridgehead atoms. The van der Waals surface area contributed by atoms with Crippen LogP contribution < -0.4 is 5.32 Å². The molecular weight excluding hydrogens is 280 g/mol. The smallest absolute Gasteiger partial charge is 0.129 e. The van der Waals surface area contributed by atoms with E-state index in [0.717, 1.165) is 30.4 Å². The van der Waals surface area contributed by atoms with Gasteiger partial charge in [0.15, 0.2) is 0 Å². The first-order valence-corrected chi connectivity index (χ1v) is 8.14. The van der Waals surface area contributed by atoms with E-state index < -0.39 is 17.7 Å². The Kier molecular flexibility index (Phi) is 5.81. The second-order valence-corrected chi connectivity index (χ2v) is 6.64. The summed E-state index contributed by atoms with van der Waals surface area (Å²) in [6, 6.07) is 3.53. The Hall–Kier alpha value is -0.650. The highest BCUT2D eigenvalue weighted by Crippen LogP contribution is 2.30. The van der Waals surface area contributed by atoms with E-state index in [1.54, 1.807) is 0 Å². The van der Waals surface area contributed by atoms with E-state index >= 15 is 0 Å². The van der Waals surface area contributed by atoms with Crippen molar-refractivity contribution in [1.82, 2.24) is 5.32 Å². The first-order chi connectivity index (χ1) is 9.61. The number of thioether (sulfide) groups is 1. The molecule has 1 aliphatic carbocycles. The van der Waals surface area contributed by atoms with Crippen molar-refractivity contribution in [2.45, 2.75) is 43.6 Å². The Morgan fingerprint density at radius 1 is 1.40 bits per heavy atom. The van der Waals surface area contributed by atoms with Gasteiger partial charge in [-0.3, -0.25) is 0 Å². The molecule has 2 N–H and O–H groups in total. The third-order valence-corrected chi connectivity index (χ3v) is 5.05. The van der Waals surface area contributed by atoms with E-state index in [2.05, 4.69) is 12.2 Å². The fourth-order valence-corrected chi connectivity index (χ4v) is 3.94. The van der Waals surface area contributed by atoms with Gasteiger partial charge in [0.2, 0.25) is 0 Å². The SMILES string of the molecule is CCSC1CCCC1NCC(O)c1cc(F)ccc1F. The van der Waals surface area contributed by atoms with Crippen LogP contribution in [0.3, 0.4) is 0 Å². The molecule has 20 heavy (non-hydrogen) atoms. The standard InChI is InChI=1S/C15H21F2NOS/c1-2-20-15-5-3-4-13(15)18-9-14(19)11-8-10(16)6-7-12(11)17/h6-8,13-15,18-19H,2-5,9H2,1H3. The van der Waals surface area contributed by atoms with Gasteiger partial charge in [0.25, 0.3) is 0 Å². The van der Waals surface area contributed by atoms with E-state index in [-0.39, 0.29) is 12.1 Å². The third kappa shape index (κ3) is 3.93. The molecule has 1 aromatic rings. The van der Waals surface area contributed by atoms with E-state index in [1.807, 2.05) is 11.8 Å². The quantitative estimate of drug-likeness (QED) is 0.846. The minimum atomic E-state index is -1.02. The zero-order valence-electron chi connectivity index (χ0n) is 11.6. The van der Waals surface area contributed by atoms with Crippen molar-refractivity contribution in [3.63, 3.8) is 0 Å². The molecule has 112 valence electrons. The zero-order valence-corrected chi connectivity index (χ0v) is 12.4. The predicted molar refractivity (Wildman–Crippen MR) is 78.9 cm³/mol. The highest BCUT2D eigenvalue weighted by molar-refractivity contribution is 7.99. The average molecular weight is 301 g/mol. The summed E-state index contributed by atoms with van der Waals surface area (Å²) in [7, 11) is 0. The van der Waals surface area contributed by atoms with Gasteiger partial charge in [-0.05, 0) is 36.8 Å². The van der Waals surface area contributed by atoms with Gasteiger partial charge >= 0.3 is 0 Å². The van der Waals surface area contributed by atoms with Gasteiger partial charge in [-0.25, -0.2) is 8.78 Å². The largest absolute Gasteiger partial charge is 0.387 e. The molecule has 0 heterocycles. The lowest BCUT2D eigenvalue weighted by atomic mass is 10.1. The number of hydrogen-bond acceptors (Lipinski definition) is 3. The van der Waals surface area contributed by atoms with Crippen molar-refractivity contribution in [3.8, 4) is 0 Å². The molecule has 3 unspecified atom stereocenters. The Balaban J connectivity index is 1.91. The van der Waals surface area contributed by atoms with Crippen LogP contribution in [0, 0.1) is 11.6 Å². The number of aliphatic hydroxyl groups excluding tert-OH is 1. The van der Waals surface area contributed by atoms with Crippen LogP contribution in [-0.2, 0) is 0 Å². The predicted octanol–water partition coefficient (Wildman–Crippen LogP) is 3.26. The summed E-state index contributed by atoms with van der Waals surface area (Å²) in [5.74, 6) is -0.0171. The topological polar surface area (TPSA) is 32.3 Å². The first kappa shape index (κ1) is 15.7. The summed E-state index contributed by atoms with van der Waals surface area (Å²) in [5.41, 5.74) is 0.0233. The fourth-order valence-electron chi connectivity index (χ4n) is 2.72. The lowest BCUT2D eigenvalue weighted by molar-refractivity contribution is 0.165. The molecule has 0 spiro atoms. The molecule has 0 radical (unpaired) electrons. The molecule has 3 atom stereocenters. The maximum Gasteiger partial charge on any atom is 0.129 e. The van der Waals surface area contributed by atoms with Crippen molar-refractivity contribution in [2.24, 2.45) is 0 Å². The summed E-state index contributed by atoms with van der Waals surface area (Å²) in [6.07, 6.45) is 2.43. The Labute approximate surface area is 123 Å². The molecule has 2 nitrogen and oxygen atoms in total. The molecule has 0 amide bonds. The van der Waals surface area contributed by atoms with E-state index in [0.29, 0.717) is 11.3 Å². The summed E-state index contributed by atoms with van der Waals surface area (Å²) in [6.45, 7) is 2.39. The summed E-state index contributed by atoms with van der Waals surface area (Å²) >= 11 is 1.92. The van der Waals surface area contributed by atoms with Crippen LogP contribution >= 0.6 is 11.8 Å². The van der Waals surface area contributed by atoms with Crippen molar-refractivity contribution < 1.29 is 13.9 Å². The molecule has 0 aromatic heterocycles. The number of halogens is 2. The van der Waals surface area contributed by atoms with Gasteiger partial charge < -0.3 is 10.4 Å². The van der Waals surface area contributed by atoms with Gasteiger partial charge in [-0.15, -0.1) is 0 Å². The lowest BCUT2D eigenvalue weighted by Crippen LogP contribution is -2.37. The van der Waals surface area contributed by atoms with Gasteiger partial charge in [-0.1, -0.05) is 13.3 Å². The number of benzene rings is 1. The maximum absolute atomic E-state index is 13.6. The minimum absolute atomic E-state index is 0.0233. The maximum atomic E-state index is 13.6. The van der Waals surface area contributed by atoms with Crippen molar-refractivity contribution in [3.05, 3.63) is 35.4 Å². The average Bonchev–Trinajstić information content (AvgIpc) is 2.87. The van der Waals surface area contributed by atoms with Crippen LogP contribution in [0.2, 0.25) is 0 Å². The normalized spacial score (nSPS) is 24.0. The second kappa shape index (κ2) is 7.38. The van der Waals surface area contributed by atoms with Gasteiger partial charge in [-0.2, -0.15) is 11.8 Å². The highest BCUT2D eigenvalue weighted by Gasteiger charge is 2.27. The van der Waals surface area contributed by atoms with Crippen LogP contribution in [-0.4, -0.2) is 28.7 Å². The van der Waals surface area contributed by atoms with Gasteiger partial charge in [0, 0.05) is 23.4 Å². The number of rotatable bonds is 6. The van der Waals surface area contributed by atoms with Crippen molar-refractivity contribution >= 4 is 11.8 Å². The summed E-state index contributed by atoms with van der Waals surface area (Å²) in [4.78, 5) is 0. The monoisotopic (exact) mass is 301 g/mol. The number of hydrogen-bond donors (Lipinski definition) is 2. The molecule has 2 rings (SSSR count). The van der Waals surface area contributed by atoms with Gasteiger partial charge in [0.05, 0.1) is 6.10 Å². The van der Waals surface area contributed by atoms with E-state index in [9.17, 15) is 13.9 Å². The van der Waals surface area contributed by atoms with Crippen LogP contribution in [0.5, 0.6) is 0 Å². The molecule has 1 fully saturated rings. The second-order valence-electron chi connectivity index (χ2n) is 5.12. The summed E-state index contributed by atoms with van der Waals surface area (Å²) in [5, 5.41) is 13.9. The number of aliphatic hydroxyl groups is 1. The van der Waals surface area contributed by atoms with E-state index in [1.165, 1.54) is 12.8 Å². The molecule has 5 heteroatoms. The molecular formula is C15H21F2NOS. The Morgan fingerprint density at radius 2 is 2.20 bits per heavy atom. The highest BCUT2D eigenvalue weighted by atomic mass is 32.2. The molecule has 1 aliphatic rings. The first-order valence-electron chi connectivity index (χ1n) is 7.09. The summed E-state index contributed by atoms with van der Waals surface area (Å²) < 4.78 is 26.7. The van der Waals surface area contributed by atoms with Crippen LogP contribution in [0.4, 0.5) is 8.78 Å². The van der Waals surface area contributed by atoms with Crippen molar-refractivity contribution in [2.75, 3.05) is 12.3 Å². The van der Waals surface area contributed by atoms with Gasteiger partial charge in [0.1, 0.15) is 11.6 Å². The molecule has 0 saturated heterocycles. The minimum Gasteiger partial charge on any atom is -0.387 e. The van der Waals surface area contributed by atoms with E-state index in [4.69, 9.17) is 0 Å². The lowest BCUT2D eigenvalue weighted by Gasteiger charge is -2.22. The fraction of sp³-hybridized carbons (Fsp3) is 0.600. The zero-order chi connectivity index (χ0) is 14.5. The Morgan fingerprint density at radius 3 is 2.95 bits per heavy atom. The molecule has 1 saturated carbocycles. The van der Waals surface area contributed by atoms with Crippen LogP contribution in [0.25, 0.3) is 0 Å². The van der Waals surface area contributed by atoms with Crippen LogP contribution in [0.1, 0.15) is 37.9 Å². The van der Waals surface area contributed by atoms with Crippen LogP contribution in [0.15, 0.2) is 18.2 Å².